The Labute approximate surface area is 125 Å². The van der Waals surface area contributed by atoms with Crippen LogP contribution in [0, 0.1) is 6.92 Å². The van der Waals surface area contributed by atoms with Crippen LogP contribution in [0.1, 0.15) is 5.56 Å². The van der Waals surface area contributed by atoms with E-state index in [2.05, 4.69) is 4.98 Å². The molecule has 0 atom stereocenters. The molecule has 0 aliphatic heterocycles. The van der Waals surface area contributed by atoms with Gasteiger partial charge in [-0.15, -0.1) is 22.7 Å². The normalized spacial score (nSPS) is 11.7. The third-order valence-electron chi connectivity index (χ3n) is 2.86. The molecule has 0 radical (unpaired) electrons. The van der Waals surface area contributed by atoms with E-state index >= 15 is 0 Å². The van der Waals surface area contributed by atoms with Crippen molar-refractivity contribution in [2.45, 2.75) is 16.2 Å². The number of rotatable bonds is 3. The van der Waals surface area contributed by atoms with Crippen LogP contribution in [0.25, 0.3) is 9.75 Å². The third-order valence-corrected chi connectivity index (χ3v) is 7.23. The zero-order valence-corrected chi connectivity index (χ0v) is 13.1. The molecule has 3 nitrogen and oxygen atoms in total. The molecule has 0 aliphatic carbocycles. The number of benzene rings is 1. The first-order chi connectivity index (χ1) is 9.59. The molecular formula is C14H11NO2S3. The molecule has 102 valence electrons. The van der Waals surface area contributed by atoms with Crippen LogP contribution in [0.2, 0.25) is 0 Å². The summed E-state index contributed by atoms with van der Waals surface area (Å²) in [7, 11) is -3.53. The third kappa shape index (κ3) is 2.30. The van der Waals surface area contributed by atoms with E-state index in [-0.39, 0.29) is 4.34 Å². The van der Waals surface area contributed by atoms with Crippen molar-refractivity contribution in [3.8, 4) is 9.75 Å². The van der Waals surface area contributed by atoms with E-state index in [0.717, 1.165) is 15.3 Å². The van der Waals surface area contributed by atoms with Crippen molar-refractivity contribution in [1.29, 1.82) is 0 Å². The van der Waals surface area contributed by atoms with Gasteiger partial charge in [-0.05, 0) is 30.0 Å². The van der Waals surface area contributed by atoms with E-state index in [1.165, 1.54) is 11.3 Å². The lowest BCUT2D eigenvalue weighted by atomic mass is 10.2. The predicted octanol–water partition coefficient (Wildman–Crippen LogP) is 4.01. The summed E-state index contributed by atoms with van der Waals surface area (Å²) in [6.07, 6.45) is 1.63. The van der Waals surface area contributed by atoms with Gasteiger partial charge in [0.1, 0.15) is 0 Å². The zero-order valence-electron chi connectivity index (χ0n) is 10.6. The largest absolute Gasteiger partial charge is 0.233 e. The molecule has 2 heterocycles. The molecule has 0 aliphatic rings. The highest BCUT2D eigenvalue weighted by atomic mass is 32.2. The Morgan fingerprint density at radius 1 is 1.05 bits per heavy atom. The average Bonchev–Trinajstić information content (AvgIpc) is 3.10. The molecule has 0 fully saturated rings. The maximum Gasteiger partial charge on any atom is 0.233 e. The van der Waals surface area contributed by atoms with Gasteiger partial charge in [0.2, 0.25) is 14.2 Å². The summed E-state index contributed by atoms with van der Waals surface area (Å²) in [6.45, 7) is 1.79. The molecule has 0 unspecified atom stereocenters. The van der Waals surface area contributed by atoms with Gasteiger partial charge in [0.15, 0.2) is 0 Å². The van der Waals surface area contributed by atoms with Crippen LogP contribution < -0.4 is 0 Å². The van der Waals surface area contributed by atoms with E-state index in [1.807, 2.05) is 23.6 Å². The van der Waals surface area contributed by atoms with Crippen molar-refractivity contribution in [3.05, 3.63) is 53.5 Å². The van der Waals surface area contributed by atoms with Crippen molar-refractivity contribution >= 4 is 32.5 Å². The highest BCUT2D eigenvalue weighted by Crippen LogP contribution is 2.34. The van der Waals surface area contributed by atoms with Crippen molar-refractivity contribution < 1.29 is 8.42 Å². The molecular weight excluding hydrogens is 310 g/mol. The van der Waals surface area contributed by atoms with E-state index in [9.17, 15) is 8.42 Å². The topological polar surface area (TPSA) is 47.0 Å². The Hall–Kier alpha value is -1.50. The monoisotopic (exact) mass is 321 g/mol. The number of aryl methyl sites for hydroxylation is 1. The van der Waals surface area contributed by atoms with Gasteiger partial charge in [-0.3, -0.25) is 0 Å². The smallest absolute Gasteiger partial charge is 0.233 e. The van der Waals surface area contributed by atoms with Crippen LogP contribution in [0.3, 0.4) is 0 Å². The summed E-state index contributed by atoms with van der Waals surface area (Å²) < 4.78 is 25.3. The van der Waals surface area contributed by atoms with E-state index in [1.54, 1.807) is 42.7 Å². The molecule has 0 N–H and O–H groups in total. The van der Waals surface area contributed by atoms with E-state index < -0.39 is 9.84 Å². The number of hydrogen-bond donors (Lipinski definition) is 0. The lowest BCUT2D eigenvalue weighted by molar-refractivity contribution is 0.594. The number of nitrogens with zero attached hydrogens (tertiary/aromatic N) is 1. The fraction of sp³-hybridized carbons (Fsp3) is 0.0714. The van der Waals surface area contributed by atoms with Crippen molar-refractivity contribution in [2.75, 3.05) is 0 Å². The molecule has 3 aromatic rings. The molecule has 3 rings (SSSR count). The SMILES string of the molecule is Cc1ccccc1S(=O)(=O)c1ncc(-c2cccs2)s1. The minimum Gasteiger partial charge on any atom is -0.233 e. The number of hydrogen-bond acceptors (Lipinski definition) is 5. The molecule has 0 saturated carbocycles. The summed E-state index contributed by atoms with van der Waals surface area (Å²) in [5.41, 5.74) is 0.736. The van der Waals surface area contributed by atoms with Crippen LogP contribution in [0.5, 0.6) is 0 Å². The van der Waals surface area contributed by atoms with Gasteiger partial charge in [-0.1, -0.05) is 24.3 Å². The second kappa shape index (κ2) is 5.12. The zero-order chi connectivity index (χ0) is 14.2. The number of sulfone groups is 1. The highest BCUT2D eigenvalue weighted by Gasteiger charge is 2.23. The van der Waals surface area contributed by atoms with Gasteiger partial charge < -0.3 is 0 Å². The summed E-state index contributed by atoms with van der Waals surface area (Å²) in [4.78, 5) is 6.34. The minimum absolute atomic E-state index is 0.148. The molecule has 6 heteroatoms. The lowest BCUT2D eigenvalue weighted by Gasteiger charge is -2.03. The molecule has 0 spiro atoms. The summed E-state index contributed by atoms with van der Waals surface area (Å²) in [5.74, 6) is 0. The lowest BCUT2D eigenvalue weighted by Crippen LogP contribution is -2.03. The summed E-state index contributed by atoms with van der Waals surface area (Å²) in [5, 5.41) is 1.96. The highest BCUT2D eigenvalue weighted by molar-refractivity contribution is 7.93. The van der Waals surface area contributed by atoms with Crippen molar-refractivity contribution in [2.24, 2.45) is 0 Å². The van der Waals surface area contributed by atoms with Crippen molar-refractivity contribution in [3.63, 3.8) is 0 Å². The van der Waals surface area contributed by atoms with Gasteiger partial charge >= 0.3 is 0 Å². The second-order valence-corrected chi connectivity index (χ2v) is 8.31. The van der Waals surface area contributed by atoms with Crippen LogP contribution in [-0.2, 0) is 9.84 Å². The van der Waals surface area contributed by atoms with E-state index in [0.29, 0.717) is 4.90 Å². The second-order valence-electron chi connectivity index (χ2n) is 4.24. The molecule has 1 aromatic carbocycles. The Balaban J connectivity index is 2.07. The number of thiophene rings is 1. The van der Waals surface area contributed by atoms with Crippen LogP contribution >= 0.6 is 22.7 Å². The predicted molar refractivity (Wildman–Crippen MR) is 82.1 cm³/mol. The van der Waals surface area contributed by atoms with Gasteiger partial charge in [-0.25, -0.2) is 13.4 Å². The average molecular weight is 321 g/mol. The fourth-order valence-electron chi connectivity index (χ4n) is 1.87. The molecule has 0 amide bonds. The Kier molecular flexibility index (Phi) is 3.45. The molecule has 20 heavy (non-hydrogen) atoms. The van der Waals surface area contributed by atoms with Crippen LogP contribution in [-0.4, -0.2) is 13.4 Å². The Morgan fingerprint density at radius 3 is 2.55 bits per heavy atom. The Bertz CT molecular complexity index is 833. The van der Waals surface area contributed by atoms with Gasteiger partial charge in [0.05, 0.1) is 9.77 Å². The number of aromatic nitrogens is 1. The quantitative estimate of drug-likeness (QED) is 0.732. The minimum atomic E-state index is -3.53. The number of thiazole rings is 1. The maximum atomic E-state index is 12.6. The molecule has 0 bridgehead atoms. The maximum absolute atomic E-state index is 12.6. The van der Waals surface area contributed by atoms with Gasteiger partial charge in [0, 0.05) is 11.1 Å². The summed E-state index contributed by atoms with van der Waals surface area (Å²) >= 11 is 2.79. The van der Waals surface area contributed by atoms with Gasteiger partial charge in [-0.2, -0.15) is 0 Å². The standard InChI is InChI=1S/C14H11NO2S3/c1-10-5-2-3-7-13(10)20(16,17)14-15-9-12(19-14)11-6-4-8-18-11/h2-9H,1H3. The van der Waals surface area contributed by atoms with Gasteiger partial charge in [0.25, 0.3) is 0 Å². The summed E-state index contributed by atoms with van der Waals surface area (Å²) in [6, 6.07) is 10.9. The van der Waals surface area contributed by atoms with Crippen molar-refractivity contribution in [1.82, 2.24) is 4.98 Å². The van der Waals surface area contributed by atoms with Crippen LogP contribution in [0.15, 0.2) is 57.2 Å². The van der Waals surface area contributed by atoms with Crippen LogP contribution in [0.4, 0.5) is 0 Å². The fourth-order valence-corrected chi connectivity index (χ4v) is 5.44. The molecule has 2 aromatic heterocycles. The molecule has 0 saturated heterocycles. The first-order valence-electron chi connectivity index (χ1n) is 5.89. The first-order valence-corrected chi connectivity index (χ1v) is 9.07. The Morgan fingerprint density at radius 2 is 1.85 bits per heavy atom. The van der Waals surface area contributed by atoms with E-state index in [4.69, 9.17) is 0 Å². The first kappa shape index (κ1) is 13.5.